The van der Waals surface area contributed by atoms with E-state index >= 15 is 0 Å². The van der Waals surface area contributed by atoms with Crippen LogP contribution in [0.5, 0.6) is 5.75 Å². The maximum atomic E-state index is 12.1. The van der Waals surface area contributed by atoms with Gasteiger partial charge in [-0.05, 0) is 78.9 Å². The van der Waals surface area contributed by atoms with Crippen LogP contribution in [0.2, 0.25) is 5.02 Å². The zero-order valence-corrected chi connectivity index (χ0v) is 20.7. The molecule has 0 fully saturated rings. The normalized spacial score (nSPS) is 12.9. The Balaban J connectivity index is 1.29. The molecule has 6 nitrogen and oxygen atoms in total. The lowest BCUT2D eigenvalue weighted by atomic mass is 10.0. The Kier molecular flexibility index (Phi) is 8.63. The Morgan fingerprint density at radius 2 is 1.97 bits per heavy atom. The number of ether oxygens (including phenoxy) is 1. The molecule has 0 aliphatic carbocycles. The lowest BCUT2D eigenvalue weighted by Gasteiger charge is -2.31. The number of fused-ring (bicyclic) bond motifs is 1. The number of amides is 1. The van der Waals surface area contributed by atoms with Crippen molar-refractivity contribution in [2.75, 3.05) is 30.4 Å². The quantitative estimate of drug-likeness (QED) is 0.219. The topological polar surface area (TPSA) is 66.0 Å². The van der Waals surface area contributed by atoms with Crippen LogP contribution in [-0.4, -0.2) is 32.3 Å². The van der Waals surface area contributed by atoms with E-state index < -0.39 is 0 Å². The van der Waals surface area contributed by atoms with Gasteiger partial charge in [-0.2, -0.15) is 5.10 Å². The smallest absolute Gasteiger partial charge is 0.240 e. The highest BCUT2D eigenvalue weighted by atomic mass is 35.5. The average Bonchev–Trinajstić information content (AvgIpc) is 2.88. The number of aryl methyl sites for hydroxylation is 1. The molecule has 3 aromatic carbocycles. The number of nitrogens with one attached hydrogen (secondary N) is 2. The number of para-hydroxylation sites is 1. The minimum Gasteiger partial charge on any atom is -0.496 e. The van der Waals surface area contributed by atoms with Crippen molar-refractivity contribution >= 4 is 35.1 Å². The second-order valence-electron chi connectivity index (χ2n) is 8.56. The molecule has 0 bridgehead atoms. The molecule has 0 saturated heterocycles. The van der Waals surface area contributed by atoms with Gasteiger partial charge >= 0.3 is 0 Å². The molecule has 0 atom stereocenters. The highest BCUT2D eigenvalue weighted by Gasteiger charge is 2.18. The first-order valence-electron chi connectivity index (χ1n) is 11.9. The summed E-state index contributed by atoms with van der Waals surface area (Å²) in [6.45, 7) is 2.47. The van der Waals surface area contributed by atoms with Crippen LogP contribution >= 0.6 is 11.6 Å². The first kappa shape index (κ1) is 24.6. The molecule has 1 amide bonds. The Morgan fingerprint density at radius 3 is 2.80 bits per heavy atom. The molecule has 0 saturated carbocycles. The second-order valence-corrected chi connectivity index (χ2v) is 8.99. The lowest BCUT2D eigenvalue weighted by molar-refractivity contribution is -0.121. The summed E-state index contributed by atoms with van der Waals surface area (Å²) in [4.78, 5) is 14.5. The molecule has 0 spiro atoms. The standard InChI is InChI=1S/C28H31ClN4O2/c1-35-27-15-10-21(18-23(27)20-33-17-5-7-22-6-2-3-8-26(22)33)19-31-32-28(34)9-4-16-30-25-13-11-24(29)12-14-25/h2-3,6,8,10-15,18-19,30H,4-5,7,9,16-17,20H2,1H3,(H,32,34). The van der Waals surface area contributed by atoms with Gasteiger partial charge in [-0.1, -0.05) is 29.8 Å². The van der Waals surface area contributed by atoms with E-state index in [1.807, 2.05) is 36.4 Å². The van der Waals surface area contributed by atoms with Crippen molar-refractivity contribution < 1.29 is 9.53 Å². The molecule has 182 valence electrons. The van der Waals surface area contributed by atoms with Gasteiger partial charge < -0.3 is 15.0 Å². The van der Waals surface area contributed by atoms with Crippen molar-refractivity contribution in [2.45, 2.75) is 32.2 Å². The SMILES string of the molecule is COc1ccc(C=NNC(=O)CCCNc2ccc(Cl)cc2)cc1CN1CCCc2ccccc21. The number of hydrazone groups is 1. The van der Waals surface area contributed by atoms with Gasteiger partial charge in [0.2, 0.25) is 5.91 Å². The van der Waals surface area contributed by atoms with Crippen LogP contribution in [0, 0.1) is 0 Å². The van der Waals surface area contributed by atoms with Gasteiger partial charge in [-0.25, -0.2) is 5.43 Å². The van der Waals surface area contributed by atoms with E-state index in [1.165, 1.54) is 11.3 Å². The molecule has 0 unspecified atom stereocenters. The number of anilines is 2. The highest BCUT2D eigenvalue weighted by molar-refractivity contribution is 6.30. The monoisotopic (exact) mass is 490 g/mol. The molecular formula is C28H31ClN4O2. The van der Waals surface area contributed by atoms with Crippen LogP contribution in [0.1, 0.15) is 36.0 Å². The highest BCUT2D eigenvalue weighted by Crippen LogP contribution is 2.30. The molecule has 1 aliphatic rings. The number of hydrogen-bond acceptors (Lipinski definition) is 5. The fourth-order valence-electron chi connectivity index (χ4n) is 4.27. The van der Waals surface area contributed by atoms with Crippen molar-refractivity contribution in [3.8, 4) is 5.75 Å². The Labute approximate surface area is 211 Å². The fraction of sp³-hybridized carbons (Fsp3) is 0.286. The number of halogens is 1. The van der Waals surface area contributed by atoms with Crippen molar-refractivity contribution in [3.63, 3.8) is 0 Å². The summed E-state index contributed by atoms with van der Waals surface area (Å²) in [5.41, 5.74) is 8.29. The van der Waals surface area contributed by atoms with E-state index in [2.05, 4.69) is 51.1 Å². The molecule has 2 N–H and O–H groups in total. The van der Waals surface area contributed by atoms with Crippen LogP contribution in [0.25, 0.3) is 0 Å². The van der Waals surface area contributed by atoms with Crippen LogP contribution in [0.3, 0.4) is 0 Å². The zero-order valence-electron chi connectivity index (χ0n) is 20.0. The number of hydrogen-bond donors (Lipinski definition) is 2. The van der Waals surface area contributed by atoms with Crippen LogP contribution in [-0.2, 0) is 17.8 Å². The summed E-state index contributed by atoms with van der Waals surface area (Å²) < 4.78 is 5.61. The number of methoxy groups -OCH3 is 1. The Bertz CT molecular complexity index is 1160. The summed E-state index contributed by atoms with van der Waals surface area (Å²) in [5, 5.41) is 8.13. The Morgan fingerprint density at radius 1 is 1.14 bits per heavy atom. The zero-order chi connectivity index (χ0) is 24.5. The maximum Gasteiger partial charge on any atom is 0.240 e. The lowest BCUT2D eigenvalue weighted by Crippen LogP contribution is -2.29. The number of rotatable bonds is 10. The van der Waals surface area contributed by atoms with Gasteiger partial charge in [0, 0.05) is 48.0 Å². The number of benzene rings is 3. The van der Waals surface area contributed by atoms with Gasteiger partial charge in [0.1, 0.15) is 5.75 Å². The van der Waals surface area contributed by atoms with E-state index in [0.29, 0.717) is 24.4 Å². The molecule has 0 aromatic heterocycles. The third-order valence-electron chi connectivity index (χ3n) is 6.03. The van der Waals surface area contributed by atoms with Crippen LogP contribution in [0.15, 0.2) is 71.8 Å². The van der Waals surface area contributed by atoms with Gasteiger partial charge in [-0.3, -0.25) is 4.79 Å². The maximum absolute atomic E-state index is 12.1. The second kappa shape index (κ2) is 12.3. The van der Waals surface area contributed by atoms with Crippen LogP contribution < -0.4 is 20.4 Å². The van der Waals surface area contributed by atoms with E-state index in [1.54, 1.807) is 13.3 Å². The summed E-state index contributed by atoms with van der Waals surface area (Å²) in [6.07, 6.45) is 5.03. The molecule has 7 heteroatoms. The molecule has 1 heterocycles. The largest absolute Gasteiger partial charge is 0.496 e. The van der Waals surface area contributed by atoms with Crippen molar-refractivity contribution in [3.05, 3.63) is 88.4 Å². The molecule has 3 aromatic rings. The van der Waals surface area contributed by atoms with Gasteiger partial charge in [0.15, 0.2) is 0 Å². The molecule has 1 aliphatic heterocycles. The average molecular weight is 491 g/mol. The summed E-state index contributed by atoms with van der Waals surface area (Å²) in [7, 11) is 1.69. The number of carbonyl (C=O) groups is 1. The van der Waals surface area contributed by atoms with E-state index in [9.17, 15) is 4.79 Å². The van der Waals surface area contributed by atoms with Crippen molar-refractivity contribution in [1.82, 2.24) is 5.43 Å². The fourth-order valence-corrected chi connectivity index (χ4v) is 4.39. The van der Waals surface area contributed by atoms with Crippen molar-refractivity contribution in [1.29, 1.82) is 0 Å². The third-order valence-corrected chi connectivity index (χ3v) is 6.28. The van der Waals surface area contributed by atoms with Gasteiger partial charge in [0.25, 0.3) is 0 Å². The molecular weight excluding hydrogens is 460 g/mol. The first-order chi connectivity index (χ1) is 17.1. The summed E-state index contributed by atoms with van der Waals surface area (Å²) >= 11 is 5.89. The molecule has 4 rings (SSSR count). The molecule has 35 heavy (non-hydrogen) atoms. The predicted molar refractivity (Wildman–Crippen MR) is 144 cm³/mol. The molecule has 0 radical (unpaired) electrons. The predicted octanol–water partition coefficient (Wildman–Crippen LogP) is 5.64. The first-order valence-corrected chi connectivity index (χ1v) is 12.3. The third kappa shape index (κ3) is 6.99. The summed E-state index contributed by atoms with van der Waals surface area (Å²) in [5.74, 6) is 0.736. The minimum absolute atomic E-state index is 0.113. The minimum atomic E-state index is -0.113. The van der Waals surface area contributed by atoms with Gasteiger partial charge in [0.05, 0.1) is 13.3 Å². The van der Waals surface area contributed by atoms with E-state index in [0.717, 1.165) is 48.5 Å². The van der Waals surface area contributed by atoms with E-state index in [4.69, 9.17) is 16.3 Å². The Hall–Kier alpha value is -3.51. The van der Waals surface area contributed by atoms with Crippen LogP contribution in [0.4, 0.5) is 11.4 Å². The number of nitrogens with zero attached hydrogens (tertiary/aromatic N) is 2. The van der Waals surface area contributed by atoms with E-state index in [-0.39, 0.29) is 5.91 Å². The summed E-state index contributed by atoms with van der Waals surface area (Å²) in [6, 6.07) is 22.1. The number of carbonyl (C=O) groups excluding carboxylic acids is 1. The van der Waals surface area contributed by atoms with Crippen molar-refractivity contribution in [2.24, 2.45) is 5.10 Å². The van der Waals surface area contributed by atoms with Gasteiger partial charge in [-0.15, -0.1) is 0 Å².